The highest BCUT2D eigenvalue weighted by atomic mass is 35.5. The van der Waals surface area contributed by atoms with Crippen molar-refractivity contribution < 1.29 is 18.7 Å². The van der Waals surface area contributed by atoms with Crippen LogP contribution in [0.15, 0.2) is 18.2 Å². The number of anilines is 1. The Hall–Kier alpha value is -1.62. The highest BCUT2D eigenvalue weighted by molar-refractivity contribution is 6.34. The quantitative estimate of drug-likeness (QED) is 0.678. The highest BCUT2D eigenvalue weighted by Crippen LogP contribution is 2.24. The van der Waals surface area contributed by atoms with Crippen molar-refractivity contribution in [2.45, 2.75) is 13.8 Å². The maximum Gasteiger partial charge on any atom is 0.318 e. The molecular formula is C12H13ClFNO3. The molecule has 0 aliphatic carbocycles. The highest BCUT2D eigenvalue weighted by Gasteiger charge is 2.23. The lowest BCUT2D eigenvalue weighted by atomic mass is 10.1. The third-order valence-corrected chi connectivity index (χ3v) is 2.63. The van der Waals surface area contributed by atoms with Gasteiger partial charge in [0, 0.05) is 0 Å². The van der Waals surface area contributed by atoms with Gasteiger partial charge in [-0.2, -0.15) is 0 Å². The van der Waals surface area contributed by atoms with E-state index in [1.807, 2.05) is 0 Å². The SMILES string of the molecule is CCOC(=O)C(C)C(=O)Nc1cccc(F)c1Cl. The standard InChI is InChI=1S/C12H13ClFNO3/c1-3-18-12(17)7(2)11(16)15-9-6-4-5-8(14)10(9)13/h4-7H,3H2,1-2H3,(H,15,16). The molecule has 98 valence electrons. The van der Waals surface area contributed by atoms with Gasteiger partial charge in [-0.25, -0.2) is 4.39 Å². The van der Waals surface area contributed by atoms with E-state index in [0.29, 0.717) is 0 Å². The molecule has 0 heterocycles. The molecule has 1 N–H and O–H groups in total. The maximum absolute atomic E-state index is 13.1. The topological polar surface area (TPSA) is 55.4 Å². The summed E-state index contributed by atoms with van der Waals surface area (Å²) in [6, 6.07) is 4.03. The molecule has 0 fully saturated rings. The summed E-state index contributed by atoms with van der Waals surface area (Å²) in [4.78, 5) is 23.0. The van der Waals surface area contributed by atoms with E-state index in [-0.39, 0.29) is 17.3 Å². The molecule has 1 rings (SSSR count). The monoisotopic (exact) mass is 273 g/mol. The second-order valence-corrected chi connectivity index (χ2v) is 3.94. The molecule has 0 aliphatic heterocycles. The molecule has 0 spiro atoms. The molecule has 18 heavy (non-hydrogen) atoms. The predicted octanol–water partition coefficient (Wildman–Crippen LogP) is 2.62. The van der Waals surface area contributed by atoms with Gasteiger partial charge >= 0.3 is 5.97 Å². The number of hydrogen-bond acceptors (Lipinski definition) is 3. The molecule has 1 atom stereocenters. The number of benzene rings is 1. The van der Waals surface area contributed by atoms with Gasteiger partial charge in [0.2, 0.25) is 5.91 Å². The second kappa shape index (κ2) is 6.35. The number of ether oxygens (including phenoxy) is 1. The van der Waals surface area contributed by atoms with Gasteiger partial charge in [-0.1, -0.05) is 17.7 Å². The Morgan fingerprint density at radius 1 is 1.50 bits per heavy atom. The van der Waals surface area contributed by atoms with E-state index >= 15 is 0 Å². The van der Waals surface area contributed by atoms with E-state index in [1.165, 1.54) is 25.1 Å². The van der Waals surface area contributed by atoms with Crippen molar-refractivity contribution in [3.05, 3.63) is 29.0 Å². The van der Waals surface area contributed by atoms with Gasteiger partial charge in [-0.3, -0.25) is 9.59 Å². The van der Waals surface area contributed by atoms with Gasteiger partial charge in [0.15, 0.2) is 0 Å². The molecule has 0 aliphatic rings. The zero-order chi connectivity index (χ0) is 13.7. The summed E-state index contributed by atoms with van der Waals surface area (Å²) in [6.45, 7) is 3.24. The number of carbonyl (C=O) groups excluding carboxylic acids is 2. The summed E-state index contributed by atoms with van der Waals surface area (Å²) in [7, 11) is 0. The fourth-order valence-electron chi connectivity index (χ4n) is 1.22. The van der Waals surface area contributed by atoms with E-state index < -0.39 is 23.6 Å². The minimum atomic E-state index is -0.982. The molecule has 6 heteroatoms. The summed E-state index contributed by atoms with van der Waals surface area (Å²) < 4.78 is 17.8. The lowest BCUT2D eigenvalue weighted by molar-refractivity contribution is -0.150. The van der Waals surface area contributed by atoms with Gasteiger partial charge in [0.1, 0.15) is 11.7 Å². The second-order valence-electron chi connectivity index (χ2n) is 3.56. The fraction of sp³-hybridized carbons (Fsp3) is 0.333. The Kier molecular flexibility index (Phi) is 5.09. The lowest BCUT2D eigenvalue weighted by Crippen LogP contribution is -2.28. The number of carbonyl (C=O) groups is 2. The minimum absolute atomic E-state index is 0.123. The van der Waals surface area contributed by atoms with Crippen molar-refractivity contribution in [2.75, 3.05) is 11.9 Å². The molecule has 0 saturated heterocycles. The molecule has 0 aromatic heterocycles. The van der Waals surface area contributed by atoms with Crippen LogP contribution >= 0.6 is 11.6 Å². The van der Waals surface area contributed by atoms with Crippen molar-refractivity contribution in [1.29, 1.82) is 0 Å². The van der Waals surface area contributed by atoms with Crippen LogP contribution in [0.4, 0.5) is 10.1 Å². The zero-order valence-electron chi connectivity index (χ0n) is 10.00. The Morgan fingerprint density at radius 2 is 2.17 bits per heavy atom. The molecule has 1 amide bonds. The van der Waals surface area contributed by atoms with Crippen LogP contribution < -0.4 is 5.32 Å². The van der Waals surface area contributed by atoms with Crippen LogP contribution in [-0.4, -0.2) is 18.5 Å². The van der Waals surface area contributed by atoms with Crippen molar-refractivity contribution in [2.24, 2.45) is 5.92 Å². The van der Waals surface area contributed by atoms with Gasteiger partial charge in [-0.05, 0) is 26.0 Å². The largest absolute Gasteiger partial charge is 0.465 e. The van der Waals surface area contributed by atoms with Crippen molar-refractivity contribution in [3.8, 4) is 0 Å². The van der Waals surface area contributed by atoms with Crippen LogP contribution in [0.1, 0.15) is 13.8 Å². The average Bonchev–Trinajstić information content (AvgIpc) is 2.34. The summed E-state index contributed by atoms with van der Waals surface area (Å²) in [5, 5.41) is 2.19. The average molecular weight is 274 g/mol. The van der Waals surface area contributed by atoms with Gasteiger partial charge in [-0.15, -0.1) is 0 Å². The van der Waals surface area contributed by atoms with E-state index in [0.717, 1.165) is 0 Å². The van der Waals surface area contributed by atoms with Crippen LogP contribution in [0.5, 0.6) is 0 Å². The van der Waals surface area contributed by atoms with Gasteiger partial charge in [0.05, 0.1) is 17.3 Å². The Morgan fingerprint density at radius 3 is 2.78 bits per heavy atom. The number of amides is 1. The number of esters is 1. The molecule has 1 aromatic carbocycles. The molecule has 4 nitrogen and oxygen atoms in total. The lowest BCUT2D eigenvalue weighted by Gasteiger charge is -2.12. The Balaban J connectivity index is 2.75. The van der Waals surface area contributed by atoms with Crippen LogP contribution in [0, 0.1) is 11.7 Å². The number of halogens is 2. The first-order valence-electron chi connectivity index (χ1n) is 5.38. The third-order valence-electron chi connectivity index (χ3n) is 2.24. The molecular weight excluding hydrogens is 261 g/mol. The third kappa shape index (κ3) is 3.43. The van der Waals surface area contributed by atoms with Crippen molar-refractivity contribution in [1.82, 2.24) is 0 Å². The van der Waals surface area contributed by atoms with Gasteiger partial charge < -0.3 is 10.1 Å². The number of nitrogens with one attached hydrogen (secondary N) is 1. The summed E-state index contributed by atoms with van der Waals surface area (Å²) in [5.41, 5.74) is 0.123. The molecule has 0 bridgehead atoms. The number of hydrogen-bond donors (Lipinski definition) is 1. The van der Waals surface area contributed by atoms with E-state index in [4.69, 9.17) is 16.3 Å². The first-order valence-corrected chi connectivity index (χ1v) is 5.76. The Bertz CT molecular complexity index is 465. The fourth-order valence-corrected chi connectivity index (χ4v) is 1.39. The predicted molar refractivity (Wildman–Crippen MR) is 65.8 cm³/mol. The van der Waals surface area contributed by atoms with Crippen LogP contribution in [-0.2, 0) is 14.3 Å². The van der Waals surface area contributed by atoms with E-state index in [9.17, 15) is 14.0 Å². The minimum Gasteiger partial charge on any atom is -0.465 e. The molecule has 0 saturated carbocycles. The van der Waals surface area contributed by atoms with E-state index in [2.05, 4.69) is 5.32 Å². The summed E-state index contributed by atoms with van der Waals surface area (Å²) in [6.07, 6.45) is 0. The smallest absolute Gasteiger partial charge is 0.318 e. The zero-order valence-corrected chi connectivity index (χ0v) is 10.8. The maximum atomic E-state index is 13.1. The summed E-state index contributed by atoms with van der Waals surface area (Å²) >= 11 is 5.68. The molecule has 0 radical (unpaired) electrons. The van der Waals surface area contributed by atoms with Crippen LogP contribution in [0.3, 0.4) is 0 Å². The van der Waals surface area contributed by atoms with Gasteiger partial charge in [0.25, 0.3) is 0 Å². The van der Waals surface area contributed by atoms with E-state index in [1.54, 1.807) is 6.92 Å². The first-order chi connectivity index (χ1) is 8.47. The van der Waals surface area contributed by atoms with Crippen molar-refractivity contribution >= 4 is 29.2 Å². The molecule has 1 aromatic rings. The first kappa shape index (κ1) is 14.4. The Labute approximate surface area is 109 Å². The number of rotatable bonds is 4. The molecule has 1 unspecified atom stereocenters. The van der Waals surface area contributed by atoms with Crippen molar-refractivity contribution in [3.63, 3.8) is 0 Å². The summed E-state index contributed by atoms with van der Waals surface area (Å²) in [5.74, 6) is -2.86. The normalized spacial score (nSPS) is 11.8. The van der Waals surface area contributed by atoms with Crippen LogP contribution in [0.25, 0.3) is 0 Å². The van der Waals surface area contributed by atoms with Crippen LogP contribution in [0.2, 0.25) is 5.02 Å².